The van der Waals surface area contributed by atoms with Gasteiger partial charge in [-0.15, -0.1) is 0 Å². The number of halogens is 3. The Hall–Kier alpha value is -2.06. The average molecular weight is 439 g/mol. The summed E-state index contributed by atoms with van der Waals surface area (Å²) < 4.78 is 28.5. The van der Waals surface area contributed by atoms with Crippen molar-refractivity contribution in [2.75, 3.05) is 5.75 Å². The Morgan fingerprint density at radius 2 is 1.96 bits per heavy atom. The molecule has 0 bridgehead atoms. The second kappa shape index (κ2) is 7.67. The molecule has 0 aliphatic heterocycles. The van der Waals surface area contributed by atoms with Gasteiger partial charge in [0.25, 0.3) is 5.56 Å². The number of thioether (sulfide) groups is 1. The van der Waals surface area contributed by atoms with E-state index in [9.17, 15) is 18.4 Å². The van der Waals surface area contributed by atoms with Crippen molar-refractivity contribution in [1.29, 1.82) is 0 Å². The Morgan fingerprint density at radius 1 is 1.19 bits per heavy atom. The predicted molar refractivity (Wildman–Crippen MR) is 101 cm³/mol. The molecule has 3 aromatic rings. The van der Waals surface area contributed by atoms with E-state index in [0.29, 0.717) is 22.6 Å². The second-order valence-corrected chi connectivity index (χ2v) is 7.30. The SMILES string of the molecule is CCn1c(SCC(=O)c2ccc(F)c(F)c2)nc2ccc(Br)cc2c1=O. The van der Waals surface area contributed by atoms with E-state index in [0.717, 1.165) is 28.4 Å². The van der Waals surface area contributed by atoms with Gasteiger partial charge < -0.3 is 0 Å². The zero-order valence-electron chi connectivity index (χ0n) is 13.6. The summed E-state index contributed by atoms with van der Waals surface area (Å²) >= 11 is 4.43. The van der Waals surface area contributed by atoms with Crippen molar-refractivity contribution in [1.82, 2.24) is 9.55 Å². The highest BCUT2D eigenvalue weighted by atomic mass is 79.9. The van der Waals surface area contributed by atoms with Crippen LogP contribution in [-0.2, 0) is 6.54 Å². The molecule has 0 amide bonds. The van der Waals surface area contributed by atoms with Gasteiger partial charge in [0.2, 0.25) is 0 Å². The molecule has 0 N–H and O–H groups in total. The first-order valence-corrected chi connectivity index (χ1v) is 9.49. The number of carbonyl (C=O) groups is 1. The van der Waals surface area contributed by atoms with Crippen molar-refractivity contribution >= 4 is 44.4 Å². The van der Waals surface area contributed by atoms with Crippen LogP contribution >= 0.6 is 27.7 Å². The smallest absolute Gasteiger partial charge is 0.262 e. The van der Waals surface area contributed by atoms with E-state index in [2.05, 4.69) is 20.9 Å². The maximum atomic E-state index is 13.3. The lowest BCUT2D eigenvalue weighted by Gasteiger charge is -2.11. The lowest BCUT2D eigenvalue weighted by Crippen LogP contribution is -2.23. The third-order valence-electron chi connectivity index (χ3n) is 3.77. The first kappa shape index (κ1) is 18.7. The van der Waals surface area contributed by atoms with Crippen molar-refractivity contribution in [2.24, 2.45) is 0 Å². The van der Waals surface area contributed by atoms with Gasteiger partial charge in [0.05, 0.1) is 16.7 Å². The molecule has 1 heterocycles. The van der Waals surface area contributed by atoms with E-state index in [1.165, 1.54) is 10.6 Å². The highest BCUT2D eigenvalue weighted by Gasteiger charge is 2.15. The van der Waals surface area contributed by atoms with E-state index in [-0.39, 0.29) is 22.7 Å². The lowest BCUT2D eigenvalue weighted by atomic mass is 10.1. The van der Waals surface area contributed by atoms with Crippen LogP contribution in [0.4, 0.5) is 8.78 Å². The summed E-state index contributed by atoms with van der Waals surface area (Å²) in [5.41, 5.74) is 0.416. The second-order valence-electron chi connectivity index (χ2n) is 5.45. The van der Waals surface area contributed by atoms with Crippen LogP contribution in [0.2, 0.25) is 0 Å². The monoisotopic (exact) mass is 438 g/mol. The van der Waals surface area contributed by atoms with E-state index < -0.39 is 11.6 Å². The fourth-order valence-electron chi connectivity index (χ4n) is 2.44. The standard InChI is InChI=1S/C18H13BrF2N2O2S/c1-2-23-17(25)12-8-11(19)4-6-15(12)22-18(23)26-9-16(24)10-3-5-13(20)14(21)7-10/h3-8H,2,9H2,1H3. The summed E-state index contributed by atoms with van der Waals surface area (Å²) in [5, 5.41) is 0.890. The number of hydrogen-bond donors (Lipinski definition) is 0. The molecule has 0 spiro atoms. The molecule has 0 unspecified atom stereocenters. The molecule has 3 rings (SSSR count). The van der Waals surface area contributed by atoms with Gasteiger partial charge in [0.1, 0.15) is 0 Å². The molecule has 0 radical (unpaired) electrons. The van der Waals surface area contributed by atoms with E-state index in [1.54, 1.807) is 18.2 Å². The number of fused-ring (bicyclic) bond motifs is 1. The van der Waals surface area contributed by atoms with Crippen LogP contribution in [0.15, 0.2) is 50.8 Å². The molecule has 4 nitrogen and oxygen atoms in total. The number of ketones is 1. The van der Waals surface area contributed by atoms with E-state index in [1.807, 2.05) is 6.92 Å². The number of hydrogen-bond acceptors (Lipinski definition) is 4. The third-order valence-corrected chi connectivity index (χ3v) is 5.24. The van der Waals surface area contributed by atoms with Gasteiger partial charge in [-0.3, -0.25) is 14.2 Å². The third kappa shape index (κ3) is 3.71. The summed E-state index contributed by atoms with van der Waals surface area (Å²) in [5.74, 6) is -2.49. The van der Waals surface area contributed by atoms with Crippen molar-refractivity contribution in [3.8, 4) is 0 Å². The first-order chi connectivity index (χ1) is 12.4. The minimum atomic E-state index is -1.07. The maximum Gasteiger partial charge on any atom is 0.262 e. The average Bonchev–Trinajstić information content (AvgIpc) is 2.62. The summed E-state index contributed by atoms with van der Waals surface area (Å²) in [6, 6.07) is 8.24. The molecule has 0 fully saturated rings. The quantitative estimate of drug-likeness (QED) is 0.335. The van der Waals surface area contributed by atoms with Crippen LogP contribution in [0.25, 0.3) is 10.9 Å². The Bertz CT molecular complexity index is 1070. The number of nitrogens with zero attached hydrogens (tertiary/aromatic N) is 2. The number of aromatic nitrogens is 2. The fraction of sp³-hybridized carbons (Fsp3) is 0.167. The maximum absolute atomic E-state index is 13.3. The fourth-order valence-corrected chi connectivity index (χ4v) is 3.76. The lowest BCUT2D eigenvalue weighted by molar-refractivity contribution is 0.102. The number of benzene rings is 2. The molecule has 0 saturated heterocycles. The van der Waals surface area contributed by atoms with Crippen LogP contribution < -0.4 is 5.56 Å². The van der Waals surface area contributed by atoms with Crippen molar-refractivity contribution in [3.63, 3.8) is 0 Å². The van der Waals surface area contributed by atoms with Crippen molar-refractivity contribution in [2.45, 2.75) is 18.6 Å². The zero-order valence-corrected chi connectivity index (χ0v) is 16.0. The van der Waals surface area contributed by atoms with Gasteiger partial charge in [0.15, 0.2) is 22.6 Å². The topological polar surface area (TPSA) is 52.0 Å². The number of rotatable bonds is 5. The van der Waals surface area contributed by atoms with Crippen LogP contribution in [-0.4, -0.2) is 21.1 Å². The Balaban J connectivity index is 1.90. The molecule has 0 aliphatic rings. The van der Waals surface area contributed by atoms with Crippen LogP contribution in [0, 0.1) is 11.6 Å². The Kier molecular flexibility index (Phi) is 5.52. The molecule has 2 aromatic carbocycles. The highest BCUT2D eigenvalue weighted by Crippen LogP contribution is 2.21. The Morgan fingerprint density at radius 3 is 2.65 bits per heavy atom. The molecule has 0 atom stereocenters. The molecule has 0 aliphatic carbocycles. The van der Waals surface area contributed by atoms with Gasteiger partial charge in [-0.2, -0.15) is 0 Å². The van der Waals surface area contributed by atoms with Crippen LogP contribution in [0.3, 0.4) is 0 Å². The van der Waals surface area contributed by atoms with Crippen molar-refractivity contribution in [3.05, 3.63) is 68.4 Å². The van der Waals surface area contributed by atoms with E-state index in [4.69, 9.17) is 0 Å². The van der Waals surface area contributed by atoms with Gasteiger partial charge in [-0.05, 0) is 43.3 Å². The molecule has 0 saturated carbocycles. The minimum absolute atomic E-state index is 0.0421. The summed E-state index contributed by atoms with van der Waals surface area (Å²) in [6.07, 6.45) is 0. The van der Waals surface area contributed by atoms with Gasteiger partial charge >= 0.3 is 0 Å². The molecule has 26 heavy (non-hydrogen) atoms. The van der Waals surface area contributed by atoms with Crippen LogP contribution in [0.5, 0.6) is 0 Å². The molecular formula is C18H13BrF2N2O2S. The molecule has 8 heteroatoms. The van der Waals surface area contributed by atoms with Crippen LogP contribution in [0.1, 0.15) is 17.3 Å². The largest absolute Gasteiger partial charge is 0.293 e. The zero-order chi connectivity index (χ0) is 18.8. The summed E-state index contributed by atoms with van der Waals surface area (Å²) in [7, 11) is 0. The summed E-state index contributed by atoms with van der Waals surface area (Å²) in [6.45, 7) is 2.21. The Labute approximate surface area is 160 Å². The molecular weight excluding hydrogens is 426 g/mol. The highest BCUT2D eigenvalue weighted by molar-refractivity contribution is 9.10. The normalized spacial score (nSPS) is 11.1. The first-order valence-electron chi connectivity index (χ1n) is 7.72. The molecule has 1 aromatic heterocycles. The summed E-state index contributed by atoms with van der Waals surface area (Å²) in [4.78, 5) is 29.3. The minimum Gasteiger partial charge on any atom is -0.293 e. The van der Waals surface area contributed by atoms with Gasteiger partial charge in [0, 0.05) is 16.6 Å². The van der Waals surface area contributed by atoms with Crippen molar-refractivity contribution < 1.29 is 13.6 Å². The number of carbonyl (C=O) groups excluding carboxylic acids is 1. The van der Waals surface area contributed by atoms with Gasteiger partial charge in [-0.1, -0.05) is 27.7 Å². The van der Waals surface area contributed by atoms with E-state index >= 15 is 0 Å². The predicted octanol–water partition coefficient (Wildman–Crippen LogP) is 4.43. The van der Waals surface area contributed by atoms with Gasteiger partial charge in [-0.25, -0.2) is 13.8 Å². The number of Topliss-reactive ketones (excluding diaryl/α,β-unsaturated/α-hetero) is 1. The molecule has 134 valence electrons.